The van der Waals surface area contributed by atoms with Crippen LogP contribution in [0.4, 0.5) is 5.69 Å². The number of nitrogens with zero attached hydrogens (tertiary/aromatic N) is 1. The first-order valence-electron chi connectivity index (χ1n) is 13.9. The van der Waals surface area contributed by atoms with Crippen molar-refractivity contribution >= 4 is 34.5 Å². The minimum atomic E-state index is -0.609. The van der Waals surface area contributed by atoms with E-state index in [0.717, 1.165) is 12.8 Å². The second kappa shape index (κ2) is 13.5. The molecule has 9 heteroatoms. The number of carbonyl (C=O) groups is 3. The molecule has 9 nitrogen and oxygen atoms in total. The number of benzene rings is 2. The van der Waals surface area contributed by atoms with E-state index in [2.05, 4.69) is 22.5 Å². The molecule has 0 fully saturated rings. The van der Waals surface area contributed by atoms with Crippen LogP contribution in [0.25, 0.3) is 11.0 Å². The van der Waals surface area contributed by atoms with E-state index < -0.39 is 17.6 Å². The van der Waals surface area contributed by atoms with Crippen LogP contribution in [0.3, 0.4) is 0 Å². The molecule has 2 amide bonds. The molecule has 3 rings (SSSR count). The van der Waals surface area contributed by atoms with Crippen LogP contribution < -0.4 is 15.4 Å². The number of rotatable bonds is 12. The van der Waals surface area contributed by atoms with Crippen molar-refractivity contribution < 1.29 is 23.9 Å². The highest BCUT2D eigenvalue weighted by atomic mass is 16.6. The van der Waals surface area contributed by atoms with Crippen molar-refractivity contribution in [1.82, 2.24) is 15.3 Å². The minimum Gasteiger partial charge on any atom is -0.497 e. The van der Waals surface area contributed by atoms with Crippen molar-refractivity contribution in [3.8, 4) is 5.75 Å². The van der Waals surface area contributed by atoms with Gasteiger partial charge in [0.2, 0.25) is 5.91 Å². The fraction of sp³-hybridized carbons (Fsp3) is 0.484. The van der Waals surface area contributed by atoms with Crippen molar-refractivity contribution in [2.45, 2.75) is 78.9 Å². The van der Waals surface area contributed by atoms with Crippen molar-refractivity contribution in [2.75, 3.05) is 12.4 Å². The van der Waals surface area contributed by atoms with Crippen LogP contribution in [0.15, 0.2) is 42.5 Å². The Labute approximate surface area is 236 Å². The number of unbranched alkanes of at least 4 members (excludes halogenated alkanes) is 1. The second-order valence-electron chi connectivity index (χ2n) is 11.4. The summed E-state index contributed by atoms with van der Waals surface area (Å²) in [7, 11) is 1.59. The Bertz CT molecular complexity index is 1310. The first-order chi connectivity index (χ1) is 18.9. The molecule has 40 heavy (non-hydrogen) atoms. The Morgan fingerprint density at radius 1 is 1.05 bits per heavy atom. The number of esters is 1. The average molecular weight is 551 g/mol. The van der Waals surface area contributed by atoms with Crippen LogP contribution >= 0.6 is 0 Å². The molecule has 0 aliphatic carbocycles. The molecule has 1 heterocycles. The number of imidazole rings is 1. The van der Waals surface area contributed by atoms with Crippen molar-refractivity contribution in [3.63, 3.8) is 0 Å². The van der Waals surface area contributed by atoms with E-state index in [1.54, 1.807) is 49.6 Å². The summed E-state index contributed by atoms with van der Waals surface area (Å²) in [5.41, 5.74) is 1.89. The topological polar surface area (TPSA) is 122 Å². The van der Waals surface area contributed by atoms with Gasteiger partial charge < -0.3 is 25.1 Å². The van der Waals surface area contributed by atoms with Gasteiger partial charge in [-0.2, -0.15) is 0 Å². The molecule has 0 unspecified atom stereocenters. The SMILES string of the molecule is CCCC[C@H](CC(=O)OC(C)(C)C)C(=O)N[C@H](c1nc2ccc(C(=O)Nc3ccc(OC)cc3)cc2[nH]1)C(C)C. The number of aromatic nitrogens is 2. The molecule has 0 saturated heterocycles. The Balaban J connectivity index is 1.77. The fourth-order valence-corrected chi connectivity index (χ4v) is 4.38. The number of methoxy groups -OCH3 is 1. The molecule has 3 aromatic rings. The molecule has 2 atom stereocenters. The number of ether oxygens (including phenoxy) is 2. The van der Waals surface area contributed by atoms with Gasteiger partial charge in [0.1, 0.15) is 17.2 Å². The number of carbonyl (C=O) groups excluding carboxylic acids is 3. The maximum atomic E-state index is 13.4. The summed E-state index contributed by atoms with van der Waals surface area (Å²) in [6.45, 7) is 11.5. The Kier molecular flexibility index (Phi) is 10.3. The predicted molar refractivity (Wildman–Crippen MR) is 156 cm³/mol. The van der Waals surface area contributed by atoms with Crippen molar-refractivity contribution in [3.05, 3.63) is 53.9 Å². The number of nitrogens with one attached hydrogen (secondary N) is 3. The molecule has 0 saturated carbocycles. The van der Waals surface area contributed by atoms with Gasteiger partial charge in [0.05, 0.1) is 30.6 Å². The largest absolute Gasteiger partial charge is 0.497 e. The number of H-pyrrole nitrogens is 1. The monoisotopic (exact) mass is 550 g/mol. The summed E-state index contributed by atoms with van der Waals surface area (Å²) >= 11 is 0. The van der Waals surface area contributed by atoms with Gasteiger partial charge in [-0.15, -0.1) is 0 Å². The van der Waals surface area contributed by atoms with Crippen LogP contribution in [-0.4, -0.2) is 40.5 Å². The smallest absolute Gasteiger partial charge is 0.307 e. The highest BCUT2D eigenvalue weighted by Crippen LogP contribution is 2.26. The van der Waals surface area contributed by atoms with Gasteiger partial charge in [-0.05, 0) is 75.6 Å². The van der Waals surface area contributed by atoms with Crippen LogP contribution in [0.5, 0.6) is 5.75 Å². The third kappa shape index (κ3) is 8.56. The third-order valence-corrected chi connectivity index (χ3v) is 6.48. The molecule has 0 aliphatic rings. The Hall–Kier alpha value is -3.88. The van der Waals surface area contributed by atoms with Crippen molar-refractivity contribution in [1.29, 1.82) is 0 Å². The van der Waals surface area contributed by atoms with E-state index in [9.17, 15) is 14.4 Å². The zero-order valence-corrected chi connectivity index (χ0v) is 24.6. The van der Waals surface area contributed by atoms with Crippen LogP contribution in [-0.2, 0) is 14.3 Å². The molecule has 1 aromatic heterocycles. The molecular weight excluding hydrogens is 508 g/mol. The highest BCUT2D eigenvalue weighted by Gasteiger charge is 2.29. The highest BCUT2D eigenvalue weighted by molar-refractivity contribution is 6.06. The van der Waals surface area contributed by atoms with Crippen LogP contribution in [0.1, 0.15) is 89.4 Å². The quantitative estimate of drug-likeness (QED) is 0.232. The molecule has 0 aliphatic heterocycles. The van der Waals surface area contributed by atoms with Crippen LogP contribution in [0, 0.1) is 11.8 Å². The van der Waals surface area contributed by atoms with E-state index in [1.807, 2.05) is 34.6 Å². The third-order valence-electron chi connectivity index (χ3n) is 6.48. The van der Waals surface area contributed by atoms with Gasteiger partial charge in [0.15, 0.2) is 0 Å². The lowest BCUT2D eigenvalue weighted by atomic mass is 9.95. The van der Waals surface area contributed by atoms with Gasteiger partial charge >= 0.3 is 5.97 Å². The van der Waals surface area contributed by atoms with Gasteiger partial charge in [0, 0.05) is 17.2 Å². The van der Waals surface area contributed by atoms with Crippen molar-refractivity contribution in [2.24, 2.45) is 11.8 Å². The minimum absolute atomic E-state index is 0.0238. The lowest BCUT2D eigenvalue weighted by Crippen LogP contribution is -2.38. The molecule has 0 bridgehead atoms. The summed E-state index contributed by atoms with van der Waals surface area (Å²) in [6, 6.07) is 11.9. The number of fused-ring (bicyclic) bond motifs is 1. The summed E-state index contributed by atoms with van der Waals surface area (Å²) < 4.78 is 10.6. The number of hydrogen-bond acceptors (Lipinski definition) is 6. The second-order valence-corrected chi connectivity index (χ2v) is 11.4. The standard InChI is InChI=1S/C31H42N4O5/c1-8-9-10-20(18-26(36)40-31(4,5)6)30(38)35-27(19(2)3)28-33-24-16-11-21(17-25(24)34-28)29(37)32-22-12-14-23(39-7)15-13-22/h11-17,19-20,27H,8-10,18H2,1-7H3,(H,32,37)(H,33,34)(H,35,38)/t20-,27+/m1/s1. The maximum Gasteiger partial charge on any atom is 0.307 e. The Morgan fingerprint density at radius 2 is 1.75 bits per heavy atom. The normalized spacial score (nSPS) is 13.1. The molecule has 0 spiro atoms. The summed E-state index contributed by atoms with van der Waals surface area (Å²) in [5, 5.41) is 6.00. The summed E-state index contributed by atoms with van der Waals surface area (Å²) in [5.74, 6) is 0.00424. The summed E-state index contributed by atoms with van der Waals surface area (Å²) in [4.78, 5) is 46.8. The van der Waals surface area contributed by atoms with Gasteiger partial charge in [-0.3, -0.25) is 14.4 Å². The summed E-state index contributed by atoms with van der Waals surface area (Å²) in [6.07, 6.45) is 2.38. The zero-order valence-electron chi connectivity index (χ0n) is 24.6. The maximum absolute atomic E-state index is 13.4. The zero-order chi connectivity index (χ0) is 29.4. The van der Waals surface area contributed by atoms with E-state index in [0.29, 0.717) is 40.3 Å². The predicted octanol–water partition coefficient (Wildman–Crippen LogP) is 6.18. The number of amides is 2. The number of aromatic amines is 1. The van der Waals surface area contributed by atoms with E-state index in [4.69, 9.17) is 14.5 Å². The van der Waals surface area contributed by atoms with E-state index >= 15 is 0 Å². The van der Waals surface area contributed by atoms with E-state index in [1.165, 1.54) is 0 Å². The lowest BCUT2D eigenvalue weighted by Gasteiger charge is -2.25. The molecule has 216 valence electrons. The first kappa shape index (κ1) is 30.7. The number of anilines is 1. The number of hydrogen-bond donors (Lipinski definition) is 3. The van der Waals surface area contributed by atoms with Gasteiger partial charge in [-0.25, -0.2) is 4.98 Å². The molecular formula is C31H42N4O5. The van der Waals surface area contributed by atoms with Gasteiger partial charge in [0.25, 0.3) is 5.91 Å². The average Bonchev–Trinajstić information content (AvgIpc) is 3.31. The van der Waals surface area contributed by atoms with Crippen LogP contribution in [0.2, 0.25) is 0 Å². The fourth-order valence-electron chi connectivity index (χ4n) is 4.38. The molecule has 2 aromatic carbocycles. The van der Waals surface area contributed by atoms with Gasteiger partial charge in [-0.1, -0.05) is 33.6 Å². The first-order valence-corrected chi connectivity index (χ1v) is 13.9. The Morgan fingerprint density at radius 3 is 2.35 bits per heavy atom. The molecule has 0 radical (unpaired) electrons. The van der Waals surface area contributed by atoms with E-state index in [-0.39, 0.29) is 30.1 Å². The lowest BCUT2D eigenvalue weighted by molar-refractivity contribution is -0.157. The molecule has 3 N–H and O–H groups in total.